The Hall–Kier alpha value is -3.27. The number of para-hydroxylation sites is 1. The van der Waals surface area contributed by atoms with Crippen LogP contribution in [0.4, 0.5) is 8.78 Å². The predicted molar refractivity (Wildman–Crippen MR) is 98.3 cm³/mol. The molecule has 0 amide bonds. The molecule has 0 saturated carbocycles. The van der Waals surface area contributed by atoms with Gasteiger partial charge in [0.2, 0.25) is 0 Å². The Balaban J connectivity index is 1.75. The Morgan fingerprint density at radius 3 is 2.12 bits per heavy atom. The summed E-state index contributed by atoms with van der Waals surface area (Å²) in [6, 6.07) is 23.4. The second kappa shape index (κ2) is 8.21. The van der Waals surface area contributed by atoms with Crippen molar-refractivity contribution in [2.75, 3.05) is 0 Å². The van der Waals surface area contributed by atoms with Gasteiger partial charge >= 0.3 is 6.61 Å². The van der Waals surface area contributed by atoms with Crippen molar-refractivity contribution in [3.05, 3.63) is 96.1 Å². The zero-order valence-corrected chi connectivity index (χ0v) is 13.8. The molecule has 0 N–H and O–H groups in total. The van der Waals surface area contributed by atoms with Crippen molar-refractivity contribution >= 4 is 11.9 Å². The number of carbonyl (C=O) groups is 1. The molecule has 3 aromatic carbocycles. The number of halogens is 2. The summed E-state index contributed by atoms with van der Waals surface area (Å²) >= 11 is 0. The van der Waals surface area contributed by atoms with E-state index in [1.807, 2.05) is 42.5 Å². The van der Waals surface area contributed by atoms with Gasteiger partial charge in [-0.15, -0.1) is 0 Å². The van der Waals surface area contributed by atoms with Gasteiger partial charge in [-0.25, -0.2) is 0 Å². The highest BCUT2D eigenvalue weighted by Gasteiger charge is 2.08. The molecule has 0 spiro atoms. The smallest absolute Gasteiger partial charge is 0.387 e. The average molecular weight is 350 g/mol. The second-order valence-electron chi connectivity index (χ2n) is 5.56. The van der Waals surface area contributed by atoms with Crippen LogP contribution < -0.4 is 4.74 Å². The van der Waals surface area contributed by atoms with E-state index in [1.165, 1.54) is 18.2 Å². The minimum atomic E-state index is -2.91. The summed E-state index contributed by atoms with van der Waals surface area (Å²) in [5.74, 6) is -0.178. The van der Waals surface area contributed by atoms with Gasteiger partial charge < -0.3 is 4.74 Å². The summed E-state index contributed by atoms with van der Waals surface area (Å²) < 4.78 is 29.3. The lowest BCUT2D eigenvalue weighted by Gasteiger charge is -2.07. The molecule has 0 aliphatic carbocycles. The molecule has 26 heavy (non-hydrogen) atoms. The third-order valence-corrected chi connectivity index (χ3v) is 3.83. The molecule has 3 aromatic rings. The molecule has 0 bridgehead atoms. The van der Waals surface area contributed by atoms with Gasteiger partial charge in [0.1, 0.15) is 5.75 Å². The lowest BCUT2D eigenvalue weighted by molar-refractivity contribution is -0.0499. The number of hydrogen-bond acceptors (Lipinski definition) is 2. The van der Waals surface area contributed by atoms with Crippen molar-refractivity contribution in [1.82, 2.24) is 0 Å². The van der Waals surface area contributed by atoms with Crippen LogP contribution in [0.1, 0.15) is 15.9 Å². The highest BCUT2D eigenvalue weighted by atomic mass is 19.3. The van der Waals surface area contributed by atoms with E-state index in [9.17, 15) is 13.6 Å². The van der Waals surface area contributed by atoms with E-state index in [1.54, 1.807) is 30.3 Å². The summed E-state index contributed by atoms with van der Waals surface area (Å²) in [5, 5.41) is 0. The van der Waals surface area contributed by atoms with Crippen LogP contribution in [-0.4, -0.2) is 12.4 Å². The molecule has 0 aliphatic rings. The second-order valence-corrected chi connectivity index (χ2v) is 5.56. The monoisotopic (exact) mass is 350 g/mol. The molecular weight excluding hydrogens is 334 g/mol. The molecule has 0 saturated heterocycles. The van der Waals surface area contributed by atoms with E-state index in [0.717, 1.165) is 11.1 Å². The van der Waals surface area contributed by atoms with Crippen molar-refractivity contribution in [3.63, 3.8) is 0 Å². The fraction of sp³-hybridized carbons (Fsp3) is 0.0455. The van der Waals surface area contributed by atoms with Crippen molar-refractivity contribution in [2.24, 2.45) is 0 Å². The first-order chi connectivity index (χ1) is 12.6. The van der Waals surface area contributed by atoms with E-state index in [4.69, 9.17) is 0 Å². The number of hydrogen-bond donors (Lipinski definition) is 0. The molecule has 0 heterocycles. The minimum absolute atomic E-state index is 0.0333. The fourth-order valence-electron chi connectivity index (χ4n) is 2.54. The molecule has 130 valence electrons. The van der Waals surface area contributed by atoms with E-state index in [2.05, 4.69) is 4.74 Å². The van der Waals surface area contributed by atoms with Gasteiger partial charge in [0.25, 0.3) is 0 Å². The van der Waals surface area contributed by atoms with Crippen molar-refractivity contribution in [1.29, 1.82) is 0 Å². The Morgan fingerprint density at radius 1 is 0.808 bits per heavy atom. The molecule has 0 fully saturated rings. The highest BCUT2D eigenvalue weighted by molar-refractivity contribution is 6.07. The van der Waals surface area contributed by atoms with E-state index in [0.29, 0.717) is 11.1 Å². The standard InChI is InChI=1S/C22H16F2O2/c23-22(24)26-21-9-5-4-8-19(21)14-15-20(25)18-12-10-17(11-13-18)16-6-2-1-3-7-16/h1-15,22H. The number of alkyl halides is 2. The van der Waals surface area contributed by atoms with Gasteiger partial charge in [0.05, 0.1) is 0 Å². The van der Waals surface area contributed by atoms with Crippen LogP contribution in [0.3, 0.4) is 0 Å². The molecule has 0 atom stereocenters. The number of allylic oxidation sites excluding steroid dienone is 1. The first kappa shape index (κ1) is 17.5. The van der Waals surface area contributed by atoms with Gasteiger partial charge in [0.15, 0.2) is 5.78 Å². The first-order valence-corrected chi connectivity index (χ1v) is 8.05. The predicted octanol–water partition coefficient (Wildman–Crippen LogP) is 5.85. The van der Waals surface area contributed by atoms with Crippen LogP contribution >= 0.6 is 0 Å². The largest absolute Gasteiger partial charge is 0.434 e. The molecule has 0 radical (unpaired) electrons. The van der Waals surface area contributed by atoms with Crippen molar-refractivity contribution < 1.29 is 18.3 Å². The van der Waals surface area contributed by atoms with Gasteiger partial charge in [-0.1, -0.05) is 72.8 Å². The molecule has 3 rings (SSSR count). The molecular formula is C22H16F2O2. The van der Waals surface area contributed by atoms with E-state index >= 15 is 0 Å². The van der Waals surface area contributed by atoms with Crippen LogP contribution in [0.2, 0.25) is 0 Å². The van der Waals surface area contributed by atoms with Crippen LogP contribution in [0.5, 0.6) is 5.75 Å². The zero-order valence-electron chi connectivity index (χ0n) is 13.8. The number of ether oxygens (including phenoxy) is 1. The highest BCUT2D eigenvalue weighted by Crippen LogP contribution is 2.22. The van der Waals surface area contributed by atoms with Gasteiger partial charge in [-0.2, -0.15) is 8.78 Å². The summed E-state index contributed by atoms with van der Waals surface area (Å²) in [4.78, 5) is 12.3. The minimum Gasteiger partial charge on any atom is -0.434 e. The summed E-state index contributed by atoms with van der Waals surface area (Å²) in [6.45, 7) is -2.91. The maximum absolute atomic E-state index is 12.4. The number of benzene rings is 3. The van der Waals surface area contributed by atoms with Crippen LogP contribution in [-0.2, 0) is 0 Å². The molecule has 0 aliphatic heterocycles. The average Bonchev–Trinajstić information content (AvgIpc) is 2.67. The Kier molecular flexibility index (Phi) is 5.54. The molecule has 4 heteroatoms. The SMILES string of the molecule is O=C(C=Cc1ccccc1OC(F)F)c1ccc(-c2ccccc2)cc1. The normalized spacial score (nSPS) is 11.0. The Labute approximate surface area is 150 Å². The number of ketones is 1. The van der Waals surface area contributed by atoms with Crippen molar-refractivity contribution in [3.8, 4) is 16.9 Å². The number of carbonyl (C=O) groups excluding carboxylic acids is 1. The van der Waals surface area contributed by atoms with Crippen LogP contribution in [0.25, 0.3) is 17.2 Å². The van der Waals surface area contributed by atoms with Crippen LogP contribution in [0, 0.1) is 0 Å². The lowest BCUT2D eigenvalue weighted by Crippen LogP contribution is -2.03. The van der Waals surface area contributed by atoms with Gasteiger partial charge in [0, 0.05) is 11.1 Å². The third-order valence-electron chi connectivity index (χ3n) is 3.83. The summed E-state index contributed by atoms with van der Waals surface area (Å²) in [6.07, 6.45) is 2.83. The number of rotatable bonds is 6. The Bertz CT molecular complexity index is 901. The molecule has 0 aromatic heterocycles. The topological polar surface area (TPSA) is 26.3 Å². The lowest BCUT2D eigenvalue weighted by atomic mass is 10.0. The van der Waals surface area contributed by atoms with Crippen LogP contribution in [0.15, 0.2) is 84.9 Å². The van der Waals surface area contributed by atoms with E-state index in [-0.39, 0.29) is 11.5 Å². The first-order valence-electron chi connectivity index (χ1n) is 8.05. The van der Waals surface area contributed by atoms with Crippen molar-refractivity contribution in [2.45, 2.75) is 6.61 Å². The molecule has 2 nitrogen and oxygen atoms in total. The van der Waals surface area contributed by atoms with Gasteiger partial charge in [-0.3, -0.25) is 4.79 Å². The van der Waals surface area contributed by atoms with Gasteiger partial charge in [-0.05, 0) is 29.3 Å². The maximum Gasteiger partial charge on any atom is 0.387 e. The Morgan fingerprint density at radius 2 is 1.42 bits per heavy atom. The van der Waals surface area contributed by atoms with E-state index < -0.39 is 6.61 Å². The fourth-order valence-corrected chi connectivity index (χ4v) is 2.54. The molecule has 0 unspecified atom stereocenters. The maximum atomic E-state index is 12.4. The zero-order chi connectivity index (χ0) is 18.4. The summed E-state index contributed by atoms with van der Waals surface area (Å²) in [7, 11) is 0. The quantitative estimate of drug-likeness (QED) is 0.412. The summed E-state index contributed by atoms with van der Waals surface area (Å²) in [5.41, 5.74) is 3.03. The third kappa shape index (κ3) is 4.42.